The highest BCUT2D eigenvalue weighted by atomic mass is 16.5. The third kappa shape index (κ3) is 5.04. The molecule has 3 aromatic heterocycles. The number of benzene rings is 1. The molecule has 0 atom stereocenters. The van der Waals surface area contributed by atoms with Gasteiger partial charge in [0.25, 0.3) is 0 Å². The van der Waals surface area contributed by atoms with Crippen LogP contribution in [0.4, 0.5) is 0 Å². The number of rotatable bonds is 9. The van der Waals surface area contributed by atoms with Crippen molar-refractivity contribution in [3.8, 4) is 17.3 Å². The summed E-state index contributed by atoms with van der Waals surface area (Å²) in [7, 11) is 0. The largest absolute Gasteiger partial charge is 0.471 e. The number of aryl methyl sites for hydroxylation is 3. The number of aromatic nitrogens is 6. The van der Waals surface area contributed by atoms with Crippen LogP contribution in [0.25, 0.3) is 11.5 Å². The number of ether oxygens (including phenoxy) is 1. The minimum absolute atomic E-state index is 0.319. The Morgan fingerprint density at radius 3 is 2.66 bits per heavy atom. The van der Waals surface area contributed by atoms with E-state index < -0.39 is 0 Å². The molecule has 8 heteroatoms. The summed E-state index contributed by atoms with van der Waals surface area (Å²) in [6.07, 6.45) is 5.73. The highest BCUT2D eigenvalue weighted by Gasteiger charge is 2.12. The second-order valence-electron chi connectivity index (χ2n) is 6.74. The summed E-state index contributed by atoms with van der Waals surface area (Å²) in [6, 6.07) is 13.8. The van der Waals surface area contributed by atoms with Gasteiger partial charge in [-0.2, -0.15) is 0 Å². The predicted molar refractivity (Wildman–Crippen MR) is 106 cm³/mol. The molecule has 8 nitrogen and oxygen atoms in total. The predicted octanol–water partition coefficient (Wildman–Crippen LogP) is 3.70. The summed E-state index contributed by atoms with van der Waals surface area (Å²) in [5.41, 5.74) is 2.90. The van der Waals surface area contributed by atoms with Gasteiger partial charge in [0.1, 0.15) is 23.9 Å². The SMILES string of the molecule is Cc1oc(-c2ccccc2)nc1COc1ccc(CCCCc2nnn[nH]2)cn1. The number of tetrazole rings is 1. The molecule has 0 amide bonds. The molecule has 4 rings (SSSR count). The number of hydrogen-bond donors (Lipinski definition) is 1. The lowest BCUT2D eigenvalue weighted by Crippen LogP contribution is -1.99. The Kier molecular flexibility index (Phi) is 5.89. The van der Waals surface area contributed by atoms with E-state index in [9.17, 15) is 0 Å². The molecule has 0 aliphatic heterocycles. The first-order valence-corrected chi connectivity index (χ1v) is 9.60. The summed E-state index contributed by atoms with van der Waals surface area (Å²) >= 11 is 0. The Labute approximate surface area is 168 Å². The van der Waals surface area contributed by atoms with E-state index >= 15 is 0 Å². The zero-order valence-electron chi connectivity index (χ0n) is 16.2. The van der Waals surface area contributed by atoms with Crippen molar-refractivity contribution in [2.75, 3.05) is 0 Å². The van der Waals surface area contributed by atoms with Crippen LogP contribution in [-0.4, -0.2) is 30.6 Å². The summed E-state index contributed by atoms with van der Waals surface area (Å²) in [5, 5.41) is 13.8. The van der Waals surface area contributed by atoms with E-state index in [-0.39, 0.29) is 0 Å². The zero-order valence-corrected chi connectivity index (χ0v) is 16.2. The van der Waals surface area contributed by atoms with Crippen molar-refractivity contribution in [3.63, 3.8) is 0 Å². The van der Waals surface area contributed by atoms with E-state index in [1.807, 2.05) is 55.6 Å². The Balaban J connectivity index is 1.26. The molecule has 0 unspecified atom stereocenters. The number of nitrogens with zero attached hydrogens (tertiary/aromatic N) is 5. The van der Waals surface area contributed by atoms with Crippen molar-refractivity contribution in [3.05, 3.63) is 71.5 Å². The molecule has 1 N–H and O–H groups in total. The van der Waals surface area contributed by atoms with Gasteiger partial charge in [0, 0.05) is 24.2 Å². The molecule has 0 aliphatic rings. The topological polar surface area (TPSA) is 103 Å². The van der Waals surface area contributed by atoms with Gasteiger partial charge in [-0.05, 0) is 54.3 Å². The lowest BCUT2D eigenvalue weighted by atomic mass is 10.1. The molecule has 3 heterocycles. The normalized spacial score (nSPS) is 10.9. The second-order valence-corrected chi connectivity index (χ2v) is 6.74. The molecule has 29 heavy (non-hydrogen) atoms. The Morgan fingerprint density at radius 2 is 1.90 bits per heavy atom. The van der Waals surface area contributed by atoms with Gasteiger partial charge >= 0.3 is 0 Å². The number of nitrogens with one attached hydrogen (secondary N) is 1. The molecular weight excluding hydrogens is 368 g/mol. The quantitative estimate of drug-likeness (QED) is 0.435. The van der Waals surface area contributed by atoms with Gasteiger partial charge in [-0.25, -0.2) is 15.1 Å². The molecule has 0 spiro atoms. The maximum atomic E-state index is 5.79. The molecule has 0 saturated heterocycles. The van der Waals surface area contributed by atoms with Crippen LogP contribution >= 0.6 is 0 Å². The smallest absolute Gasteiger partial charge is 0.226 e. The van der Waals surface area contributed by atoms with Gasteiger partial charge < -0.3 is 9.15 Å². The van der Waals surface area contributed by atoms with Crippen LogP contribution in [0.2, 0.25) is 0 Å². The number of unbranched alkanes of at least 4 members (excludes halogenated alkanes) is 1. The molecule has 0 radical (unpaired) electrons. The van der Waals surface area contributed by atoms with Crippen LogP contribution in [0, 0.1) is 6.92 Å². The average molecular weight is 390 g/mol. The number of H-pyrrole nitrogens is 1. The van der Waals surface area contributed by atoms with Gasteiger partial charge in [0.2, 0.25) is 11.8 Å². The van der Waals surface area contributed by atoms with Gasteiger partial charge in [0.15, 0.2) is 0 Å². The monoisotopic (exact) mass is 390 g/mol. The number of pyridine rings is 1. The second kappa shape index (κ2) is 9.09. The lowest BCUT2D eigenvalue weighted by molar-refractivity contribution is 0.287. The van der Waals surface area contributed by atoms with Crippen molar-refractivity contribution >= 4 is 0 Å². The Morgan fingerprint density at radius 1 is 1.03 bits per heavy atom. The molecule has 0 bridgehead atoms. The zero-order chi connectivity index (χ0) is 19.9. The van der Waals surface area contributed by atoms with Crippen LogP contribution in [0.5, 0.6) is 5.88 Å². The molecule has 0 aliphatic carbocycles. The molecule has 4 aromatic rings. The molecule has 0 fully saturated rings. The number of hydrogen-bond acceptors (Lipinski definition) is 7. The third-order valence-electron chi connectivity index (χ3n) is 4.59. The van der Waals surface area contributed by atoms with Crippen LogP contribution < -0.4 is 4.74 Å². The first kappa shape index (κ1) is 18.8. The summed E-state index contributed by atoms with van der Waals surface area (Å²) in [6.45, 7) is 2.21. The fourth-order valence-electron chi connectivity index (χ4n) is 2.96. The fraction of sp³-hybridized carbons (Fsp3) is 0.286. The maximum absolute atomic E-state index is 5.79. The van der Waals surface area contributed by atoms with E-state index in [0.29, 0.717) is 18.4 Å². The average Bonchev–Trinajstić information content (AvgIpc) is 3.41. The van der Waals surface area contributed by atoms with E-state index in [2.05, 4.69) is 30.6 Å². The van der Waals surface area contributed by atoms with E-state index in [4.69, 9.17) is 9.15 Å². The maximum Gasteiger partial charge on any atom is 0.226 e. The Hall–Kier alpha value is -3.55. The standard InChI is InChI=1S/C21H22N6O2/c1-15-18(23-21(29-15)17-8-3-2-4-9-17)14-28-20-12-11-16(13-22-20)7-5-6-10-19-24-26-27-25-19/h2-4,8-9,11-13H,5-7,10,14H2,1H3,(H,24,25,26,27). The number of aromatic amines is 1. The van der Waals surface area contributed by atoms with Crippen LogP contribution in [0.15, 0.2) is 53.1 Å². The van der Waals surface area contributed by atoms with Crippen molar-refractivity contribution in [2.24, 2.45) is 0 Å². The third-order valence-corrected chi connectivity index (χ3v) is 4.59. The van der Waals surface area contributed by atoms with Gasteiger partial charge in [-0.3, -0.25) is 0 Å². The lowest BCUT2D eigenvalue weighted by Gasteiger charge is -2.05. The van der Waals surface area contributed by atoms with Gasteiger partial charge in [0.05, 0.1) is 0 Å². The molecule has 148 valence electrons. The van der Waals surface area contributed by atoms with Crippen LogP contribution in [-0.2, 0) is 19.4 Å². The summed E-state index contributed by atoms with van der Waals surface area (Å²) in [4.78, 5) is 8.95. The minimum Gasteiger partial charge on any atom is -0.471 e. The minimum atomic E-state index is 0.319. The molecule has 0 saturated carbocycles. The first-order chi connectivity index (χ1) is 14.3. The van der Waals surface area contributed by atoms with Crippen molar-refractivity contribution < 1.29 is 9.15 Å². The van der Waals surface area contributed by atoms with Crippen molar-refractivity contribution in [1.29, 1.82) is 0 Å². The van der Waals surface area contributed by atoms with Gasteiger partial charge in [-0.15, -0.1) is 5.10 Å². The van der Waals surface area contributed by atoms with E-state index in [1.54, 1.807) is 0 Å². The van der Waals surface area contributed by atoms with Crippen molar-refractivity contribution in [2.45, 2.75) is 39.2 Å². The summed E-state index contributed by atoms with van der Waals surface area (Å²) < 4.78 is 11.6. The Bertz CT molecular complexity index is 1010. The molecule has 1 aromatic carbocycles. The van der Waals surface area contributed by atoms with Crippen LogP contribution in [0.3, 0.4) is 0 Å². The van der Waals surface area contributed by atoms with Gasteiger partial charge in [-0.1, -0.05) is 24.3 Å². The van der Waals surface area contributed by atoms with E-state index in [1.165, 1.54) is 5.56 Å². The highest BCUT2D eigenvalue weighted by Crippen LogP contribution is 2.22. The summed E-state index contributed by atoms with van der Waals surface area (Å²) in [5.74, 6) is 2.75. The highest BCUT2D eigenvalue weighted by molar-refractivity contribution is 5.53. The van der Waals surface area contributed by atoms with E-state index in [0.717, 1.165) is 48.5 Å². The first-order valence-electron chi connectivity index (χ1n) is 9.60. The van der Waals surface area contributed by atoms with Crippen molar-refractivity contribution in [1.82, 2.24) is 30.6 Å². The van der Waals surface area contributed by atoms with Crippen LogP contribution in [0.1, 0.15) is 35.7 Å². The fourth-order valence-corrected chi connectivity index (χ4v) is 2.96. The molecular formula is C21H22N6O2. The number of oxazole rings is 1.